The van der Waals surface area contributed by atoms with Gasteiger partial charge in [0.2, 0.25) is 17.7 Å². The Balaban J connectivity index is 2.13. The molecule has 0 spiro atoms. The summed E-state index contributed by atoms with van der Waals surface area (Å²) in [4.78, 5) is 36.1. The van der Waals surface area contributed by atoms with Crippen molar-refractivity contribution in [2.75, 3.05) is 0 Å². The molecule has 144 valence electrons. The molecule has 2 aromatic carbocycles. The highest BCUT2D eigenvalue weighted by Crippen LogP contribution is 2.09. The van der Waals surface area contributed by atoms with Crippen LogP contribution in [0.1, 0.15) is 23.6 Å². The standard InChI is InChI=1S/C21H22N4O3/c1-14(26)24-19(11-15-6-3-2-4-7-15)21(28)25-18(20(23)27)12-16-8-5-9-17(10-16)13-22/h2-10,18-19H,11-12H2,1H3,(H2,23,27)(H,24,26)(H,25,28)/t18-,19+/m1/s1. The van der Waals surface area contributed by atoms with E-state index in [9.17, 15) is 14.4 Å². The van der Waals surface area contributed by atoms with E-state index in [1.807, 2.05) is 36.4 Å². The summed E-state index contributed by atoms with van der Waals surface area (Å²) in [6, 6.07) is 16.2. The number of carbonyl (C=O) groups excluding carboxylic acids is 3. The summed E-state index contributed by atoms with van der Waals surface area (Å²) in [6.45, 7) is 1.32. The molecule has 0 heterocycles. The number of hydrogen-bond acceptors (Lipinski definition) is 4. The Morgan fingerprint density at radius 1 is 0.964 bits per heavy atom. The second-order valence-corrected chi connectivity index (χ2v) is 6.42. The smallest absolute Gasteiger partial charge is 0.243 e. The van der Waals surface area contributed by atoms with Gasteiger partial charge in [0.1, 0.15) is 12.1 Å². The molecule has 28 heavy (non-hydrogen) atoms. The largest absolute Gasteiger partial charge is 0.368 e. The molecule has 0 radical (unpaired) electrons. The monoisotopic (exact) mass is 378 g/mol. The van der Waals surface area contributed by atoms with Crippen molar-refractivity contribution in [3.05, 3.63) is 71.3 Å². The van der Waals surface area contributed by atoms with Gasteiger partial charge >= 0.3 is 0 Å². The first kappa shape index (κ1) is 20.6. The fourth-order valence-electron chi connectivity index (χ4n) is 2.80. The van der Waals surface area contributed by atoms with Crippen LogP contribution in [0.2, 0.25) is 0 Å². The quantitative estimate of drug-likeness (QED) is 0.629. The Morgan fingerprint density at radius 3 is 2.21 bits per heavy atom. The molecule has 0 saturated heterocycles. The first-order valence-electron chi connectivity index (χ1n) is 8.79. The van der Waals surface area contributed by atoms with Crippen LogP contribution in [0.5, 0.6) is 0 Å². The Hall–Kier alpha value is -3.66. The van der Waals surface area contributed by atoms with Crippen LogP contribution < -0.4 is 16.4 Å². The molecular weight excluding hydrogens is 356 g/mol. The molecule has 0 aliphatic heterocycles. The van der Waals surface area contributed by atoms with Gasteiger partial charge in [0.15, 0.2) is 0 Å². The lowest BCUT2D eigenvalue weighted by Gasteiger charge is -2.22. The van der Waals surface area contributed by atoms with Crippen molar-refractivity contribution in [3.8, 4) is 6.07 Å². The lowest BCUT2D eigenvalue weighted by atomic mass is 10.0. The van der Waals surface area contributed by atoms with Gasteiger partial charge in [-0.3, -0.25) is 14.4 Å². The van der Waals surface area contributed by atoms with Crippen LogP contribution in [0.3, 0.4) is 0 Å². The second kappa shape index (κ2) is 9.88. The zero-order chi connectivity index (χ0) is 20.5. The number of nitrogens with zero attached hydrogens (tertiary/aromatic N) is 1. The molecule has 2 aromatic rings. The minimum absolute atomic E-state index is 0.148. The number of nitriles is 1. The zero-order valence-corrected chi connectivity index (χ0v) is 15.5. The van der Waals surface area contributed by atoms with Gasteiger partial charge in [0.25, 0.3) is 0 Å². The minimum atomic E-state index is -0.964. The summed E-state index contributed by atoms with van der Waals surface area (Å²) in [5.74, 6) is -1.55. The summed E-state index contributed by atoms with van der Waals surface area (Å²) in [5, 5.41) is 14.2. The first-order valence-corrected chi connectivity index (χ1v) is 8.79. The Bertz CT molecular complexity index is 890. The highest BCUT2D eigenvalue weighted by atomic mass is 16.2. The highest BCUT2D eigenvalue weighted by molar-refractivity contribution is 5.91. The zero-order valence-electron chi connectivity index (χ0n) is 15.5. The molecule has 2 atom stereocenters. The van der Waals surface area contributed by atoms with Gasteiger partial charge in [-0.25, -0.2) is 0 Å². The molecule has 7 heteroatoms. The minimum Gasteiger partial charge on any atom is -0.368 e. The van der Waals surface area contributed by atoms with Crippen molar-refractivity contribution in [1.82, 2.24) is 10.6 Å². The lowest BCUT2D eigenvalue weighted by Crippen LogP contribution is -2.54. The molecule has 0 unspecified atom stereocenters. The predicted molar refractivity (Wildman–Crippen MR) is 104 cm³/mol. The van der Waals surface area contributed by atoms with Gasteiger partial charge in [0.05, 0.1) is 11.6 Å². The van der Waals surface area contributed by atoms with E-state index in [0.29, 0.717) is 11.1 Å². The maximum absolute atomic E-state index is 12.7. The molecular formula is C21H22N4O3. The number of nitrogens with two attached hydrogens (primary N) is 1. The van der Waals surface area contributed by atoms with Gasteiger partial charge < -0.3 is 16.4 Å². The first-order chi connectivity index (χ1) is 13.4. The highest BCUT2D eigenvalue weighted by Gasteiger charge is 2.25. The van der Waals surface area contributed by atoms with Crippen LogP contribution in [0, 0.1) is 11.3 Å². The number of hydrogen-bond donors (Lipinski definition) is 3. The van der Waals surface area contributed by atoms with E-state index < -0.39 is 23.9 Å². The molecule has 0 fully saturated rings. The van der Waals surface area contributed by atoms with Crippen molar-refractivity contribution < 1.29 is 14.4 Å². The summed E-state index contributed by atoms with van der Waals surface area (Å²) in [6.07, 6.45) is 0.427. The van der Waals surface area contributed by atoms with E-state index in [1.165, 1.54) is 6.92 Å². The number of benzene rings is 2. The van der Waals surface area contributed by atoms with Crippen LogP contribution >= 0.6 is 0 Å². The van der Waals surface area contributed by atoms with Crippen LogP contribution in [0.25, 0.3) is 0 Å². The summed E-state index contributed by atoms with van der Waals surface area (Å²) < 4.78 is 0. The molecule has 0 aliphatic rings. The fraction of sp³-hybridized carbons (Fsp3) is 0.238. The van der Waals surface area contributed by atoms with Gasteiger partial charge in [-0.1, -0.05) is 42.5 Å². The SMILES string of the molecule is CC(=O)N[C@@H](Cc1ccccc1)C(=O)N[C@H](Cc1cccc(C#N)c1)C(N)=O. The molecule has 3 amide bonds. The summed E-state index contributed by atoms with van der Waals surface area (Å²) in [7, 11) is 0. The number of nitrogens with one attached hydrogen (secondary N) is 2. The van der Waals surface area contributed by atoms with Gasteiger partial charge in [0, 0.05) is 19.8 Å². The Kier molecular flexibility index (Phi) is 7.28. The number of primary amides is 1. The predicted octanol–water partition coefficient (Wildman–Crippen LogP) is 0.818. The fourth-order valence-corrected chi connectivity index (χ4v) is 2.80. The normalized spacial score (nSPS) is 12.3. The van der Waals surface area contributed by atoms with E-state index in [0.717, 1.165) is 5.56 Å². The topological polar surface area (TPSA) is 125 Å². The van der Waals surface area contributed by atoms with E-state index in [1.54, 1.807) is 24.3 Å². The average Bonchev–Trinajstić information content (AvgIpc) is 2.67. The van der Waals surface area contributed by atoms with Crippen LogP contribution in [-0.2, 0) is 27.2 Å². The third-order valence-corrected chi connectivity index (χ3v) is 4.13. The Morgan fingerprint density at radius 2 is 1.61 bits per heavy atom. The Labute approximate surface area is 163 Å². The van der Waals surface area contributed by atoms with Crippen molar-refractivity contribution in [2.45, 2.75) is 31.8 Å². The van der Waals surface area contributed by atoms with E-state index in [-0.39, 0.29) is 18.7 Å². The van der Waals surface area contributed by atoms with E-state index in [4.69, 9.17) is 11.0 Å². The maximum Gasteiger partial charge on any atom is 0.243 e. The molecule has 7 nitrogen and oxygen atoms in total. The van der Waals surface area contributed by atoms with Crippen LogP contribution in [0.4, 0.5) is 0 Å². The van der Waals surface area contributed by atoms with Crippen LogP contribution in [-0.4, -0.2) is 29.8 Å². The molecule has 0 aliphatic carbocycles. The van der Waals surface area contributed by atoms with E-state index >= 15 is 0 Å². The number of rotatable bonds is 8. The summed E-state index contributed by atoms with van der Waals surface area (Å²) >= 11 is 0. The second-order valence-electron chi connectivity index (χ2n) is 6.42. The van der Waals surface area contributed by atoms with E-state index in [2.05, 4.69) is 10.6 Å². The molecule has 0 aromatic heterocycles. The third kappa shape index (κ3) is 6.25. The van der Waals surface area contributed by atoms with Gasteiger partial charge in [-0.2, -0.15) is 5.26 Å². The molecule has 0 saturated carbocycles. The molecule has 4 N–H and O–H groups in total. The van der Waals surface area contributed by atoms with Crippen LogP contribution in [0.15, 0.2) is 54.6 Å². The maximum atomic E-state index is 12.7. The van der Waals surface area contributed by atoms with Crippen molar-refractivity contribution in [3.63, 3.8) is 0 Å². The third-order valence-electron chi connectivity index (χ3n) is 4.13. The van der Waals surface area contributed by atoms with Crippen molar-refractivity contribution in [2.24, 2.45) is 5.73 Å². The van der Waals surface area contributed by atoms with Gasteiger partial charge in [-0.05, 0) is 23.3 Å². The number of amides is 3. The average molecular weight is 378 g/mol. The van der Waals surface area contributed by atoms with Crippen molar-refractivity contribution >= 4 is 17.7 Å². The van der Waals surface area contributed by atoms with Gasteiger partial charge in [-0.15, -0.1) is 0 Å². The molecule has 2 rings (SSSR count). The number of carbonyl (C=O) groups is 3. The molecule has 0 bridgehead atoms. The van der Waals surface area contributed by atoms with Crippen molar-refractivity contribution in [1.29, 1.82) is 5.26 Å². The summed E-state index contributed by atoms with van der Waals surface area (Å²) in [5.41, 5.74) is 7.47. The lowest BCUT2D eigenvalue weighted by molar-refractivity contribution is -0.130.